The standard InChI is InChI=1S/C15H16ClNOS/c1-2-11-9-17-8-7-12(11)14(18)10-19-15-6-4-3-5-13(15)16/h3-9,14,18H,2,10H2,1H3. The van der Waals surface area contributed by atoms with E-state index in [1.54, 1.807) is 18.0 Å². The van der Waals surface area contributed by atoms with Crippen LogP contribution >= 0.6 is 23.4 Å². The third-order valence-corrected chi connectivity index (χ3v) is 4.51. The van der Waals surface area contributed by atoms with Crippen LogP contribution in [0.3, 0.4) is 0 Å². The van der Waals surface area contributed by atoms with Gasteiger partial charge in [0.2, 0.25) is 0 Å². The van der Waals surface area contributed by atoms with Gasteiger partial charge in [-0.25, -0.2) is 0 Å². The van der Waals surface area contributed by atoms with E-state index in [0.717, 1.165) is 27.5 Å². The molecular weight excluding hydrogens is 278 g/mol. The second-order valence-corrected chi connectivity index (χ2v) is 5.65. The van der Waals surface area contributed by atoms with E-state index in [1.807, 2.05) is 36.5 Å². The summed E-state index contributed by atoms with van der Waals surface area (Å²) in [6, 6.07) is 9.56. The fourth-order valence-corrected chi connectivity index (χ4v) is 3.08. The fourth-order valence-electron chi connectivity index (χ4n) is 1.88. The molecule has 0 radical (unpaired) electrons. The van der Waals surface area contributed by atoms with Crippen LogP contribution in [0.25, 0.3) is 0 Å². The quantitative estimate of drug-likeness (QED) is 0.842. The second-order valence-electron chi connectivity index (χ2n) is 4.19. The van der Waals surface area contributed by atoms with E-state index < -0.39 is 6.10 Å². The van der Waals surface area contributed by atoms with Crippen molar-refractivity contribution in [2.24, 2.45) is 0 Å². The lowest BCUT2D eigenvalue weighted by molar-refractivity contribution is 0.203. The van der Waals surface area contributed by atoms with E-state index in [4.69, 9.17) is 11.6 Å². The molecule has 1 heterocycles. The minimum atomic E-state index is -0.501. The molecule has 0 bridgehead atoms. The molecular formula is C15H16ClNOS. The molecule has 0 fully saturated rings. The van der Waals surface area contributed by atoms with Gasteiger partial charge >= 0.3 is 0 Å². The predicted octanol–water partition coefficient (Wildman–Crippen LogP) is 4.12. The van der Waals surface area contributed by atoms with E-state index in [2.05, 4.69) is 11.9 Å². The van der Waals surface area contributed by atoms with Crippen LogP contribution in [-0.4, -0.2) is 15.8 Å². The van der Waals surface area contributed by atoms with Gasteiger partial charge < -0.3 is 5.11 Å². The van der Waals surface area contributed by atoms with Crippen molar-refractivity contribution in [2.75, 3.05) is 5.75 Å². The Kier molecular flexibility index (Phi) is 5.25. The van der Waals surface area contributed by atoms with Crippen LogP contribution in [0.4, 0.5) is 0 Å². The van der Waals surface area contributed by atoms with Gasteiger partial charge in [-0.15, -0.1) is 11.8 Å². The summed E-state index contributed by atoms with van der Waals surface area (Å²) in [6.07, 6.45) is 3.91. The molecule has 1 atom stereocenters. The van der Waals surface area contributed by atoms with Crippen molar-refractivity contribution in [1.29, 1.82) is 0 Å². The monoisotopic (exact) mass is 293 g/mol. The molecule has 0 saturated heterocycles. The van der Waals surface area contributed by atoms with E-state index in [1.165, 1.54) is 0 Å². The number of aryl methyl sites for hydroxylation is 1. The van der Waals surface area contributed by atoms with Gasteiger partial charge in [-0.05, 0) is 35.7 Å². The Labute approximate surface area is 122 Å². The summed E-state index contributed by atoms with van der Waals surface area (Å²) in [7, 11) is 0. The van der Waals surface area contributed by atoms with E-state index in [0.29, 0.717) is 5.75 Å². The maximum Gasteiger partial charge on any atom is 0.0887 e. The summed E-state index contributed by atoms with van der Waals surface area (Å²) in [4.78, 5) is 5.09. The normalized spacial score (nSPS) is 12.4. The predicted molar refractivity (Wildman–Crippen MR) is 80.8 cm³/mol. The minimum Gasteiger partial charge on any atom is -0.388 e. The largest absolute Gasteiger partial charge is 0.388 e. The van der Waals surface area contributed by atoms with Crippen molar-refractivity contribution in [3.05, 3.63) is 58.9 Å². The first-order chi connectivity index (χ1) is 9.22. The van der Waals surface area contributed by atoms with Crippen molar-refractivity contribution in [1.82, 2.24) is 4.98 Å². The molecule has 1 aromatic heterocycles. The smallest absolute Gasteiger partial charge is 0.0887 e. The molecule has 0 spiro atoms. The zero-order chi connectivity index (χ0) is 13.7. The molecule has 0 amide bonds. The van der Waals surface area contributed by atoms with Crippen molar-refractivity contribution < 1.29 is 5.11 Å². The SMILES string of the molecule is CCc1cnccc1C(O)CSc1ccccc1Cl. The summed E-state index contributed by atoms with van der Waals surface area (Å²) in [5.74, 6) is 0.584. The lowest BCUT2D eigenvalue weighted by atomic mass is 10.0. The van der Waals surface area contributed by atoms with Gasteiger partial charge in [0, 0.05) is 23.0 Å². The van der Waals surface area contributed by atoms with Gasteiger partial charge in [0.05, 0.1) is 11.1 Å². The van der Waals surface area contributed by atoms with Gasteiger partial charge in [0.1, 0.15) is 0 Å². The van der Waals surface area contributed by atoms with Crippen LogP contribution in [0.15, 0.2) is 47.6 Å². The molecule has 0 aliphatic heterocycles. The zero-order valence-electron chi connectivity index (χ0n) is 10.7. The number of aliphatic hydroxyl groups excluding tert-OH is 1. The Morgan fingerprint density at radius 2 is 2.11 bits per heavy atom. The molecule has 2 aromatic rings. The molecule has 0 aliphatic rings. The summed E-state index contributed by atoms with van der Waals surface area (Å²) in [6.45, 7) is 2.06. The molecule has 19 heavy (non-hydrogen) atoms. The Morgan fingerprint density at radius 1 is 1.32 bits per heavy atom. The molecule has 2 rings (SSSR count). The van der Waals surface area contributed by atoms with Gasteiger partial charge in [0.15, 0.2) is 0 Å². The van der Waals surface area contributed by atoms with Gasteiger partial charge in [-0.2, -0.15) is 0 Å². The number of aromatic nitrogens is 1. The van der Waals surface area contributed by atoms with Crippen molar-refractivity contribution in [2.45, 2.75) is 24.3 Å². The molecule has 100 valence electrons. The number of hydrogen-bond donors (Lipinski definition) is 1. The molecule has 1 unspecified atom stereocenters. The Balaban J connectivity index is 2.05. The summed E-state index contributed by atoms with van der Waals surface area (Å²) in [5.41, 5.74) is 2.05. The van der Waals surface area contributed by atoms with Crippen LogP contribution in [0.1, 0.15) is 24.2 Å². The van der Waals surface area contributed by atoms with E-state index in [-0.39, 0.29) is 0 Å². The molecule has 4 heteroatoms. The van der Waals surface area contributed by atoms with E-state index >= 15 is 0 Å². The molecule has 2 nitrogen and oxygen atoms in total. The molecule has 1 N–H and O–H groups in total. The number of thioether (sulfide) groups is 1. The van der Waals surface area contributed by atoms with Gasteiger partial charge in [0.25, 0.3) is 0 Å². The Hall–Kier alpha value is -1.03. The third-order valence-electron chi connectivity index (χ3n) is 2.91. The van der Waals surface area contributed by atoms with Gasteiger partial charge in [-0.1, -0.05) is 30.7 Å². The second kappa shape index (κ2) is 6.94. The maximum absolute atomic E-state index is 10.3. The highest BCUT2D eigenvalue weighted by atomic mass is 35.5. The number of benzene rings is 1. The molecule has 1 aromatic carbocycles. The third kappa shape index (κ3) is 3.72. The Bertz CT molecular complexity index is 547. The highest BCUT2D eigenvalue weighted by Gasteiger charge is 2.12. The lowest BCUT2D eigenvalue weighted by Gasteiger charge is -2.14. The average Bonchev–Trinajstić information content (AvgIpc) is 2.46. The number of rotatable bonds is 5. The highest BCUT2D eigenvalue weighted by molar-refractivity contribution is 7.99. The number of pyridine rings is 1. The van der Waals surface area contributed by atoms with Crippen molar-refractivity contribution in [3.63, 3.8) is 0 Å². The number of aliphatic hydroxyl groups is 1. The van der Waals surface area contributed by atoms with Crippen molar-refractivity contribution >= 4 is 23.4 Å². The maximum atomic E-state index is 10.3. The highest BCUT2D eigenvalue weighted by Crippen LogP contribution is 2.30. The minimum absolute atomic E-state index is 0.501. The fraction of sp³-hybridized carbons (Fsp3) is 0.267. The van der Waals surface area contributed by atoms with E-state index in [9.17, 15) is 5.11 Å². The van der Waals surface area contributed by atoms with Gasteiger partial charge in [-0.3, -0.25) is 4.98 Å². The van der Waals surface area contributed by atoms with Crippen LogP contribution in [0.5, 0.6) is 0 Å². The molecule has 0 aliphatic carbocycles. The van der Waals surface area contributed by atoms with Crippen LogP contribution in [0.2, 0.25) is 5.02 Å². The van der Waals surface area contributed by atoms with Crippen LogP contribution in [-0.2, 0) is 6.42 Å². The lowest BCUT2D eigenvalue weighted by Crippen LogP contribution is -2.04. The Morgan fingerprint density at radius 3 is 2.84 bits per heavy atom. The first-order valence-corrected chi connectivity index (χ1v) is 7.57. The number of halogens is 1. The number of hydrogen-bond acceptors (Lipinski definition) is 3. The summed E-state index contributed by atoms with van der Waals surface area (Å²) < 4.78 is 0. The average molecular weight is 294 g/mol. The summed E-state index contributed by atoms with van der Waals surface area (Å²) in [5, 5.41) is 11.0. The first-order valence-electron chi connectivity index (χ1n) is 6.20. The van der Waals surface area contributed by atoms with Crippen molar-refractivity contribution in [3.8, 4) is 0 Å². The topological polar surface area (TPSA) is 33.1 Å². The molecule has 0 saturated carbocycles. The number of nitrogens with zero attached hydrogens (tertiary/aromatic N) is 1. The summed E-state index contributed by atoms with van der Waals surface area (Å²) >= 11 is 7.67. The first kappa shape index (κ1) is 14.4. The van der Waals surface area contributed by atoms with Crippen LogP contribution in [0, 0.1) is 0 Å². The van der Waals surface area contributed by atoms with Crippen LogP contribution < -0.4 is 0 Å². The zero-order valence-corrected chi connectivity index (χ0v) is 12.3.